The average molecular weight is 209 g/mol. The van der Waals surface area contributed by atoms with Crippen molar-refractivity contribution in [2.45, 2.75) is 25.4 Å². The van der Waals surface area contributed by atoms with E-state index in [9.17, 15) is 0 Å². The van der Waals surface area contributed by atoms with Crippen molar-refractivity contribution in [2.75, 3.05) is 13.2 Å². The predicted octanol–water partition coefficient (Wildman–Crippen LogP) is 0.716. The van der Waals surface area contributed by atoms with Crippen LogP contribution in [-0.4, -0.2) is 29.0 Å². The molecule has 0 saturated heterocycles. The highest BCUT2D eigenvalue weighted by Gasteiger charge is 2.28. The maximum absolute atomic E-state index is 5.73. The van der Waals surface area contributed by atoms with Crippen LogP contribution in [0.4, 0.5) is 0 Å². The van der Waals surface area contributed by atoms with Crippen LogP contribution < -0.4 is 5.73 Å². The fourth-order valence-corrected chi connectivity index (χ4v) is 1.95. The summed E-state index contributed by atoms with van der Waals surface area (Å²) in [5, 5.41) is 4.12. The van der Waals surface area contributed by atoms with E-state index in [0.29, 0.717) is 12.0 Å². The van der Waals surface area contributed by atoms with Crippen molar-refractivity contribution in [2.24, 2.45) is 18.7 Å². The van der Waals surface area contributed by atoms with Crippen LogP contribution in [0, 0.1) is 5.92 Å². The van der Waals surface area contributed by atoms with E-state index < -0.39 is 0 Å². The standard InChI is InChI=1S/C11H19N3O/c1-14-8-9(7-13-14)2-3-15-11-4-10(5-11)6-12/h7-8,10-11H,2-6,12H2,1H3. The topological polar surface area (TPSA) is 53.1 Å². The Labute approximate surface area is 90.4 Å². The third-order valence-electron chi connectivity index (χ3n) is 3.03. The van der Waals surface area contributed by atoms with Crippen molar-refractivity contribution in [1.29, 1.82) is 0 Å². The summed E-state index contributed by atoms with van der Waals surface area (Å²) in [6, 6.07) is 0. The minimum Gasteiger partial charge on any atom is -0.378 e. The summed E-state index contributed by atoms with van der Waals surface area (Å²) in [5.41, 5.74) is 6.79. The van der Waals surface area contributed by atoms with Crippen molar-refractivity contribution in [1.82, 2.24) is 9.78 Å². The van der Waals surface area contributed by atoms with E-state index >= 15 is 0 Å². The second-order valence-electron chi connectivity index (χ2n) is 4.34. The number of nitrogens with two attached hydrogens (primary N) is 1. The molecule has 1 aliphatic rings. The number of hydrogen-bond acceptors (Lipinski definition) is 3. The lowest BCUT2D eigenvalue weighted by Crippen LogP contribution is -2.36. The molecule has 1 aliphatic carbocycles. The summed E-state index contributed by atoms with van der Waals surface area (Å²) in [5.74, 6) is 0.702. The van der Waals surface area contributed by atoms with Gasteiger partial charge in [0.2, 0.25) is 0 Å². The van der Waals surface area contributed by atoms with E-state index in [0.717, 1.165) is 32.4 Å². The van der Waals surface area contributed by atoms with Gasteiger partial charge in [0.05, 0.1) is 18.9 Å². The van der Waals surface area contributed by atoms with Crippen LogP contribution in [0.3, 0.4) is 0 Å². The zero-order valence-corrected chi connectivity index (χ0v) is 9.22. The van der Waals surface area contributed by atoms with Gasteiger partial charge < -0.3 is 10.5 Å². The van der Waals surface area contributed by atoms with E-state index in [4.69, 9.17) is 10.5 Å². The van der Waals surface area contributed by atoms with Gasteiger partial charge in [-0.05, 0) is 37.3 Å². The first kappa shape index (κ1) is 10.6. The van der Waals surface area contributed by atoms with E-state index in [1.165, 1.54) is 5.56 Å². The van der Waals surface area contributed by atoms with Crippen LogP contribution in [0.2, 0.25) is 0 Å². The maximum atomic E-state index is 5.73. The Morgan fingerprint density at radius 1 is 1.60 bits per heavy atom. The molecule has 0 spiro atoms. The Morgan fingerprint density at radius 2 is 2.40 bits per heavy atom. The largest absolute Gasteiger partial charge is 0.378 e. The Balaban J connectivity index is 1.60. The van der Waals surface area contributed by atoms with Crippen molar-refractivity contribution < 1.29 is 4.74 Å². The third kappa shape index (κ3) is 2.79. The van der Waals surface area contributed by atoms with Crippen molar-refractivity contribution in [3.05, 3.63) is 18.0 Å². The van der Waals surface area contributed by atoms with E-state index in [1.807, 2.05) is 24.1 Å². The van der Waals surface area contributed by atoms with Gasteiger partial charge in [0.15, 0.2) is 0 Å². The Morgan fingerprint density at radius 3 is 3.00 bits per heavy atom. The van der Waals surface area contributed by atoms with Gasteiger partial charge in [-0.15, -0.1) is 0 Å². The van der Waals surface area contributed by atoms with Gasteiger partial charge in [-0.1, -0.05) is 0 Å². The van der Waals surface area contributed by atoms with Gasteiger partial charge in [-0.2, -0.15) is 5.10 Å². The molecule has 0 bridgehead atoms. The number of aromatic nitrogens is 2. The summed E-state index contributed by atoms with van der Waals surface area (Å²) >= 11 is 0. The molecule has 0 atom stereocenters. The lowest BCUT2D eigenvalue weighted by molar-refractivity contribution is -0.0263. The summed E-state index contributed by atoms with van der Waals surface area (Å²) in [6.07, 6.45) is 7.62. The highest BCUT2D eigenvalue weighted by Crippen LogP contribution is 2.28. The molecule has 1 fully saturated rings. The molecule has 2 rings (SSSR count). The molecule has 15 heavy (non-hydrogen) atoms. The molecule has 0 amide bonds. The van der Waals surface area contributed by atoms with E-state index in [-0.39, 0.29) is 0 Å². The zero-order chi connectivity index (χ0) is 10.7. The van der Waals surface area contributed by atoms with Crippen LogP contribution in [0.5, 0.6) is 0 Å². The van der Waals surface area contributed by atoms with Crippen LogP contribution in [-0.2, 0) is 18.2 Å². The molecular formula is C11H19N3O. The number of rotatable bonds is 5. The summed E-state index contributed by atoms with van der Waals surface area (Å²) in [4.78, 5) is 0. The minimum absolute atomic E-state index is 0.454. The predicted molar refractivity (Wildman–Crippen MR) is 58.4 cm³/mol. The molecule has 0 aromatic carbocycles. The molecule has 1 aromatic heterocycles. The normalized spacial score (nSPS) is 25.2. The number of aryl methyl sites for hydroxylation is 1. The molecule has 2 N–H and O–H groups in total. The van der Waals surface area contributed by atoms with Crippen LogP contribution in [0.25, 0.3) is 0 Å². The molecule has 0 radical (unpaired) electrons. The van der Waals surface area contributed by atoms with Gasteiger partial charge in [-0.3, -0.25) is 4.68 Å². The highest BCUT2D eigenvalue weighted by atomic mass is 16.5. The fourth-order valence-electron chi connectivity index (χ4n) is 1.95. The first-order valence-corrected chi connectivity index (χ1v) is 5.57. The summed E-state index contributed by atoms with van der Waals surface area (Å²) < 4.78 is 7.55. The van der Waals surface area contributed by atoms with Gasteiger partial charge in [-0.25, -0.2) is 0 Å². The van der Waals surface area contributed by atoms with Crippen LogP contribution in [0.1, 0.15) is 18.4 Å². The Kier molecular flexibility index (Phi) is 3.38. The number of nitrogens with zero attached hydrogens (tertiary/aromatic N) is 2. The lowest BCUT2D eigenvalue weighted by Gasteiger charge is -2.34. The van der Waals surface area contributed by atoms with Crippen molar-refractivity contribution in [3.63, 3.8) is 0 Å². The SMILES string of the molecule is Cn1cc(CCOC2CC(CN)C2)cn1. The third-order valence-corrected chi connectivity index (χ3v) is 3.03. The van der Waals surface area contributed by atoms with Gasteiger partial charge in [0, 0.05) is 13.2 Å². The zero-order valence-electron chi connectivity index (χ0n) is 9.22. The summed E-state index contributed by atoms with van der Waals surface area (Å²) in [7, 11) is 1.93. The first-order chi connectivity index (χ1) is 7.28. The maximum Gasteiger partial charge on any atom is 0.0581 e. The van der Waals surface area contributed by atoms with Crippen molar-refractivity contribution >= 4 is 0 Å². The fraction of sp³-hybridized carbons (Fsp3) is 0.727. The smallest absolute Gasteiger partial charge is 0.0581 e. The molecule has 0 unspecified atom stereocenters. The van der Waals surface area contributed by atoms with Gasteiger partial charge in [0.1, 0.15) is 0 Å². The molecular weight excluding hydrogens is 190 g/mol. The lowest BCUT2D eigenvalue weighted by atomic mass is 9.82. The highest BCUT2D eigenvalue weighted by molar-refractivity contribution is 5.03. The van der Waals surface area contributed by atoms with Crippen LogP contribution >= 0.6 is 0 Å². The molecule has 1 saturated carbocycles. The second kappa shape index (κ2) is 4.77. The summed E-state index contributed by atoms with van der Waals surface area (Å²) in [6.45, 7) is 1.61. The van der Waals surface area contributed by atoms with Crippen LogP contribution in [0.15, 0.2) is 12.4 Å². The molecule has 84 valence electrons. The quantitative estimate of drug-likeness (QED) is 0.777. The molecule has 1 aromatic rings. The average Bonchev–Trinajstić information content (AvgIpc) is 2.55. The molecule has 0 aliphatic heterocycles. The minimum atomic E-state index is 0.454. The Hall–Kier alpha value is -0.870. The molecule has 4 heteroatoms. The Bertz CT molecular complexity index is 305. The first-order valence-electron chi connectivity index (χ1n) is 5.57. The van der Waals surface area contributed by atoms with Gasteiger partial charge >= 0.3 is 0 Å². The second-order valence-corrected chi connectivity index (χ2v) is 4.34. The van der Waals surface area contributed by atoms with E-state index in [1.54, 1.807) is 0 Å². The number of ether oxygens (including phenoxy) is 1. The number of hydrogen-bond donors (Lipinski definition) is 1. The molecule has 1 heterocycles. The van der Waals surface area contributed by atoms with Crippen molar-refractivity contribution in [3.8, 4) is 0 Å². The molecule has 4 nitrogen and oxygen atoms in total. The van der Waals surface area contributed by atoms with Gasteiger partial charge in [0.25, 0.3) is 0 Å². The monoisotopic (exact) mass is 209 g/mol. The van der Waals surface area contributed by atoms with E-state index in [2.05, 4.69) is 5.10 Å².